The minimum Gasteiger partial charge on any atom is -0.457 e. The van der Waals surface area contributed by atoms with Crippen LogP contribution in [0.5, 0.6) is 0 Å². The number of hydrogen-bond acceptors (Lipinski definition) is 3. The third kappa shape index (κ3) is 6.01. The Morgan fingerprint density at radius 1 is 1.00 bits per heavy atom. The van der Waals surface area contributed by atoms with Crippen molar-refractivity contribution < 1.29 is 27.2 Å². The lowest BCUT2D eigenvalue weighted by Gasteiger charge is -2.31. The van der Waals surface area contributed by atoms with Crippen LogP contribution in [0.2, 0.25) is 0 Å². The number of amides is 2. The molecule has 1 aliphatic heterocycles. The summed E-state index contributed by atoms with van der Waals surface area (Å²) >= 11 is 0. The molecule has 1 N–H and O–H groups in total. The molecular weight excluding hydrogens is 457 g/mol. The molecule has 0 saturated carbocycles. The number of piperidine rings is 1. The predicted octanol–water partition coefficient (Wildman–Crippen LogP) is 5.99. The lowest BCUT2D eigenvalue weighted by molar-refractivity contribution is -0.137. The van der Waals surface area contributed by atoms with Gasteiger partial charge in [0, 0.05) is 30.3 Å². The van der Waals surface area contributed by atoms with Gasteiger partial charge < -0.3 is 14.6 Å². The molecule has 1 fully saturated rings. The highest BCUT2D eigenvalue weighted by atomic mass is 19.4. The Bertz CT molecular complexity index is 1220. The molecule has 3 aromatic rings. The molecule has 35 heavy (non-hydrogen) atoms. The van der Waals surface area contributed by atoms with Crippen LogP contribution in [0.1, 0.15) is 41.4 Å². The number of rotatable bonds is 5. The Labute approximate surface area is 201 Å². The molecular formula is C27H25F3N2O3. The van der Waals surface area contributed by atoms with Gasteiger partial charge >= 0.3 is 6.18 Å². The molecule has 4 rings (SSSR count). The second-order valence-electron chi connectivity index (χ2n) is 8.63. The van der Waals surface area contributed by atoms with E-state index in [-0.39, 0.29) is 28.7 Å². The van der Waals surface area contributed by atoms with E-state index in [9.17, 15) is 22.8 Å². The van der Waals surface area contributed by atoms with E-state index in [1.54, 1.807) is 41.3 Å². The molecule has 1 saturated heterocycles. The number of likely N-dealkylation sites (tertiary alicyclic amines) is 1. The van der Waals surface area contributed by atoms with E-state index in [4.69, 9.17) is 4.42 Å². The maximum absolute atomic E-state index is 13.3. The van der Waals surface area contributed by atoms with Crippen molar-refractivity contribution in [3.05, 3.63) is 89.3 Å². The van der Waals surface area contributed by atoms with Crippen LogP contribution in [0.4, 0.5) is 13.2 Å². The van der Waals surface area contributed by atoms with Gasteiger partial charge in [-0.2, -0.15) is 13.2 Å². The molecule has 2 aromatic carbocycles. The summed E-state index contributed by atoms with van der Waals surface area (Å²) in [6.45, 7) is 3.28. The first-order valence-corrected chi connectivity index (χ1v) is 11.4. The van der Waals surface area contributed by atoms with Crippen molar-refractivity contribution in [1.82, 2.24) is 10.2 Å². The van der Waals surface area contributed by atoms with Crippen molar-refractivity contribution in [2.24, 2.45) is 5.92 Å². The first-order valence-electron chi connectivity index (χ1n) is 11.4. The molecule has 0 aliphatic carbocycles. The molecule has 2 heterocycles. The second kappa shape index (κ2) is 10.2. The summed E-state index contributed by atoms with van der Waals surface area (Å²) in [7, 11) is 0. The average Bonchev–Trinajstić information content (AvgIpc) is 3.32. The molecule has 5 nitrogen and oxygen atoms in total. The third-order valence-electron chi connectivity index (χ3n) is 5.97. The number of benzene rings is 2. The van der Waals surface area contributed by atoms with Crippen molar-refractivity contribution >= 4 is 17.9 Å². The second-order valence-corrected chi connectivity index (χ2v) is 8.63. The van der Waals surface area contributed by atoms with Crippen LogP contribution < -0.4 is 5.32 Å². The van der Waals surface area contributed by atoms with Crippen LogP contribution in [0.25, 0.3) is 17.4 Å². The highest BCUT2D eigenvalue weighted by Crippen LogP contribution is 2.33. The maximum Gasteiger partial charge on any atom is 0.416 e. The Kier molecular flexibility index (Phi) is 7.10. The molecule has 0 unspecified atom stereocenters. The van der Waals surface area contributed by atoms with Crippen molar-refractivity contribution in [2.75, 3.05) is 13.1 Å². The molecule has 1 aliphatic rings. The summed E-state index contributed by atoms with van der Waals surface area (Å²) in [5.41, 5.74) is -0.0968. The minimum atomic E-state index is -4.47. The van der Waals surface area contributed by atoms with Gasteiger partial charge in [0.1, 0.15) is 17.2 Å². The van der Waals surface area contributed by atoms with Gasteiger partial charge in [-0.1, -0.05) is 37.3 Å². The number of alkyl halides is 3. The Balaban J connectivity index is 1.62. The highest BCUT2D eigenvalue weighted by molar-refractivity contribution is 6.05. The monoisotopic (exact) mass is 482 g/mol. The van der Waals surface area contributed by atoms with Crippen LogP contribution in [-0.4, -0.2) is 29.8 Å². The fourth-order valence-corrected chi connectivity index (χ4v) is 3.89. The van der Waals surface area contributed by atoms with Crippen LogP contribution in [0, 0.1) is 5.92 Å². The average molecular weight is 483 g/mol. The molecule has 1 aromatic heterocycles. The zero-order valence-corrected chi connectivity index (χ0v) is 19.1. The molecule has 0 spiro atoms. The number of nitrogens with zero attached hydrogens (tertiary/aromatic N) is 1. The molecule has 0 radical (unpaired) electrons. The molecule has 0 bridgehead atoms. The summed E-state index contributed by atoms with van der Waals surface area (Å²) in [5.74, 6) is 0.193. The van der Waals surface area contributed by atoms with Gasteiger partial charge in [-0.05, 0) is 55.2 Å². The van der Waals surface area contributed by atoms with Gasteiger partial charge in [0.2, 0.25) is 0 Å². The summed E-state index contributed by atoms with van der Waals surface area (Å²) in [5, 5.41) is 2.69. The lowest BCUT2D eigenvalue weighted by Crippen LogP contribution is -2.42. The summed E-state index contributed by atoms with van der Waals surface area (Å²) in [6.07, 6.45) is -1.32. The number of carbonyl (C=O) groups is 2. The first-order chi connectivity index (χ1) is 16.7. The SMILES string of the molecule is CC1CCN(C(=O)/C(=C/c2ccc(-c3cccc(C(F)(F)F)c3)o2)NC(=O)c2ccccc2)CC1. The third-order valence-corrected chi connectivity index (χ3v) is 5.97. The fourth-order valence-electron chi connectivity index (χ4n) is 3.89. The van der Waals surface area contributed by atoms with Crippen LogP contribution in [-0.2, 0) is 11.0 Å². The van der Waals surface area contributed by atoms with Crippen molar-refractivity contribution in [3.8, 4) is 11.3 Å². The van der Waals surface area contributed by atoms with E-state index in [0.717, 1.165) is 25.0 Å². The van der Waals surface area contributed by atoms with Crippen molar-refractivity contribution in [1.29, 1.82) is 0 Å². The van der Waals surface area contributed by atoms with E-state index in [0.29, 0.717) is 24.6 Å². The zero-order chi connectivity index (χ0) is 25.0. The van der Waals surface area contributed by atoms with Gasteiger partial charge in [-0.3, -0.25) is 9.59 Å². The standard InChI is InChI=1S/C27H25F3N2O3/c1-18-12-14-32(15-13-18)26(34)23(31-25(33)19-6-3-2-4-7-19)17-22-10-11-24(35-22)20-8-5-9-21(16-20)27(28,29)30/h2-11,16-18H,12-15H2,1H3,(H,31,33)/b23-17-. The first kappa shape index (κ1) is 24.3. The number of nitrogens with one attached hydrogen (secondary N) is 1. The van der Waals surface area contributed by atoms with Crippen molar-refractivity contribution in [3.63, 3.8) is 0 Å². The highest BCUT2D eigenvalue weighted by Gasteiger charge is 2.30. The summed E-state index contributed by atoms with van der Waals surface area (Å²) in [4.78, 5) is 27.8. The molecule has 0 atom stereocenters. The summed E-state index contributed by atoms with van der Waals surface area (Å²) < 4.78 is 45.0. The Morgan fingerprint density at radius 2 is 1.71 bits per heavy atom. The van der Waals surface area contributed by atoms with Gasteiger partial charge in [0.05, 0.1) is 5.56 Å². The molecule has 8 heteroatoms. The Hall–Kier alpha value is -3.81. The topological polar surface area (TPSA) is 62.6 Å². The van der Waals surface area contributed by atoms with E-state index >= 15 is 0 Å². The van der Waals surface area contributed by atoms with Crippen LogP contribution in [0.15, 0.2) is 76.8 Å². The number of furan rings is 1. The zero-order valence-electron chi connectivity index (χ0n) is 19.1. The summed E-state index contributed by atoms with van der Waals surface area (Å²) in [6, 6.07) is 16.4. The minimum absolute atomic E-state index is 0.0401. The van der Waals surface area contributed by atoms with Gasteiger partial charge in [0.15, 0.2) is 0 Å². The number of carbonyl (C=O) groups excluding carboxylic acids is 2. The van der Waals surface area contributed by atoms with Gasteiger partial charge in [-0.15, -0.1) is 0 Å². The largest absolute Gasteiger partial charge is 0.457 e. The Morgan fingerprint density at radius 3 is 2.40 bits per heavy atom. The fraction of sp³-hybridized carbons (Fsp3) is 0.259. The smallest absolute Gasteiger partial charge is 0.416 e. The molecule has 182 valence electrons. The number of halogens is 3. The predicted molar refractivity (Wildman–Crippen MR) is 126 cm³/mol. The maximum atomic E-state index is 13.3. The van der Waals surface area contributed by atoms with E-state index in [1.807, 2.05) is 0 Å². The van der Waals surface area contributed by atoms with E-state index in [1.165, 1.54) is 24.3 Å². The molecule has 2 amide bonds. The number of hydrogen-bond donors (Lipinski definition) is 1. The van der Waals surface area contributed by atoms with E-state index < -0.39 is 17.6 Å². The van der Waals surface area contributed by atoms with Crippen molar-refractivity contribution in [2.45, 2.75) is 25.9 Å². The normalized spacial score (nSPS) is 15.2. The van der Waals surface area contributed by atoms with Crippen LogP contribution >= 0.6 is 0 Å². The quantitative estimate of drug-likeness (QED) is 0.454. The van der Waals surface area contributed by atoms with E-state index in [2.05, 4.69) is 12.2 Å². The van der Waals surface area contributed by atoms with Crippen LogP contribution in [0.3, 0.4) is 0 Å². The lowest BCUT2D eigenvalue weighted by atomic mass is 9.99. The van der Waals surface area contributed by atoms with Gasteiger partial charge in [0.25, 0.3) is 11.8 Å². The van der Waals surface area contributed by atoms with Gasteiger partial charge in [-0.25, -0.2) is 0 Å².